The molecule has 2 saturated heterocycles. The number of rotatable bonds is 7. The number of fused-ring (bicyclic) bond motifs is 1. The third kappa shape index (κ3) is 6.28. The number of ether oxygens (including phenoxy) is 1. The fourth-order valence-corrected chi connectivity index (χ4v) is 8.22. The highest BCUT2D eigenvalue weighted by atomic mass is 32.2. The lowest BCUT2D eigenvalue weighted by atomic mass is 9.83. The first-order chi connectivity index (χ1) is 19.3. The molecule has 0 spiro atoms. The van der Waals surface area contributed by atoms with Crippen molar-refractivity contribution < 1.29 is 19.4 Å². The van der Waals surface area contributed by atoms with Crippen LogP contribution in [0.15, 0.2) is 59.8 Å². The fraction of sp³-hybridized carbons (Fsp3) is 0.562. The van der Waals surface area contributed by atoms with E-state index in [0.717, 1.165) is 34.4 Å². The minimum absolute atomic E-state index is 0.181. The van der Waals surface area contributed by atoms with Crippen LogP contribution in [0.1, 0.15) is 54.0 Å². The number of thioether (sulfide) groups is 2. The van der Waals surface area contributed by atoms with Gasteiger partial charge < -0.3 is 14.7 Å². The number of nitrogens with zero attached hydrogens (tertiary/aromatic N) is 3. The van der Waals surface area contributed by atoms with E-state index >= 15 is 0 Å². The molecule has 224 valence electrons. The second kappa shape index (κ2) is 12.6. The zero-order valence-electron chi connectivity index (χ0n) is 25.5. The molecule has 2 fully saturated rings. The third-order valence-corrected chi connectivity index (χ3v) is 10.4. The molecule has 3 aliphatic rings. The number of carbonyl (C=O) groups is 2. The molecule has 3 amide bonds. The number of amides is 3. The van der Waals surface area contributed by atoms with E-state index in [0.29, 0.717) is 13.2 Å². The Hall–Kier alpha value is -2.20. The summed E-state index contributed by atoms with van der Waals surface area (Å²) in [6.45, 7) is 18.6. The van der Waals surface area contributed by atoms with Crippen LogP contribution in [0.5, 0.6) is 0 Å². The average Bonchev–Trinajstić information content (AvgIpc) is 3.07. The van der Waals surface area contributed by atoms with Gasteiger partial charge in [-0.2, -0.15) is 23.5 Å². The van der Waals surface area contributed by atoms with Crippen LogP contribution < -0.4 is 4.90 Å². The van der Waals surface area contributed by atoms with Crippen molar-refractivity contribution in [1.29, 1.82) is 0 Å². The van der Waals surface area contributed by atoms with Gasteiger partial charge in [-0.1, -0.05) is 44.2 Å². The van der Waals surface area contributed by atoms with Crippen LogP contribution in [0.4, 0.5) is 10.5 Å². The Balaban J connectivity index is 1.66. The van der Waals surface area contributed by atoms with Gasteiger partial charge in [0.1, 0.15) is 0 Å². The molecule has 4 rings (SSSR count). The lowest BCUT2D eigenvalue weighted by Crippen LogP contribution is -2.67. The van der Waals surface area contributed by atoms with Crippen molar-refractivity contribution in [2.24, 2.45) is 0 Å². The van der Waals surface area contributed by atoms with Crippen LogP contribution in [0.25, 0.3) is 0 Å². The Morgan fingerprint density at radius 2 is 1.68 bits per heavy atom. The highest BCUT2D eigenvalue weighted by molar-refractivity contribution is 8.01. The SMILES string of the molecule is C=C1CSCC(OCCN2/C(=C/C=C3\C(=O)N(C(C)C)C(=O)N(C(C)C)C3(C)O)C(C)(C)c3ccccc32)CSC1. The number of hydrogen-bond donors (Lipinski definition) is 1. The first-order valence-electron chi connectivity index (χ1n) is 14.4. The Bertz CT molecular complexity index is 1230. The van der Waals surface area contributed by atoms with Crippen LogP contribution in [0.3, 0.4) is 0 Å². The van der Waals surface area contributed by atoms with Gasteiger partial charge in [0.15, 0.2) is 5.72 Å². The molecule has 3 aliphatic heterocycles. The zero-order valence-corrected chi connectivity index (χ0v) is 27.1. The molecule has 0 saturated carbocycles. The fourth-order valence-electron chi connectivity index (χ4n) is 5.97. The lowest BCUT2D eigenvalue weighted by Gasteiger charge is -2.48. The number of carbonyl (C=O) groups excluding carboxylic acids is 2. The number of imide groups is 1. The summed E-state index contributed by atoms with van der Waals surface area (Å²) in [6, 6.07) is 7.25. The molecule has 1 atom stereocenters. The van der Waals surface area contributed by atoms with Gasteiger partial charge in [0.25, 0.3) is 5.91 Å². The van der Waals surface area contributed by atoms with Gasteiger partial charge in [-0.15, -0.1) is 0 Å². The molecule has 7 nitrogen and oxygen atoms in total. The molecule has 1 N–H and O–H groups in total. The van der Waals surface area contributed by atoms with E-state index in [4.69, 9.17) is 4.74 Å². The molecule has 0 aromatic heterocycles. The largest absolute Gasteiger partial charge is 0.375 e. The summed E-state index contributed by atoms with van der Waals surface area (Å²) < 4.78 is 6.38. The Morgan fingerprint density at radius 3 is 2.29 bits per heavy atom. The number of anilines is 1. The summed E-state index contributed by atoms with van der Waals surface area (Å²) in [4.78, 5) is 31.8. The molecule has 9 heteroatoms. The lowest BCUT2D eigenvalue weighted by molar-refractivity contribution is -0.141. The van der Waals surface area contributed by atoms with Crippen molar-refractivity contribution in [3.63, 3.8) is 0 Å². The maximum Gasteiger partial charge on any atom is 0.329 e. The van der Waals surface area contributed by atoms with E-state index in [2.05, 4.69) is 43.5 Å². The summed E-state index contributed by atoms with van der Waals surface area (Å²) in [6.07, 6.45) is 3.85. The van der Waals surface area contributed by atoms with Crippen molar-refractivity contribution >= 4 is 41.1 Å². The van der Waals surface area contributed by atoms with Gasteiger partial charge in [0.05, 0.1) is 18.3 Å². The van der Waals surface area contributed by atoms with Crippen molar-refractivity contribution in [2.45, 2.75) is 77.8 Å². The molecule has 0 bridgehead atoms. The Labute approximate surface area is 254 Å². The average molecular weight is 600 g/mol. The monoisotopic (exact) mass is 599 g/mol. The molecule has 1 unspecified atom stereocenters. The number of para-hydroxylation sites is 1. The first kappa shape index (κ1) is 31.7. The summed E-state index contributed by atoms with van der Waals surface area (Å²) in [7, 11) is 0. The van der Waals surface area contributed by atoms with E-state index in [1.165, 1.54) is 27.9 Å². The molecule has 1 aromatic carbocycles. The van der Waals surface area contributed by atoms with Gasteiger partial charge in [0, 0.05) is 58.4 Å². The van der Waals surface area contributed by atoms with Crippen molar-refractivity contribution in [3.8, 4) is 0 Å². The smallest absolute Gasteiger partial charge is 0.329 e. The summed E-state index contributed by atoms with van der Waals surface area (Å²) in [5.41, 5.74) is 2.71. The highest BCUT2D eigenvalue weighted by Gasteiger charge is 2.51. The normalized spacial score (nSPS) is 26.0. The zero-order chi connectivity index (χ0) is 30.1. The number of allylic oxidation sites excluding steroid dienone is 3. The van der Waals surface area contributed by atoms with Gasteiger partial charge in [0.2, 0.25) is 0 Å². The molecule has 41 heavy (non-hydrogen) atoms. The van der Waals surface area contributed by atoms with Crippen LogP contribution in [0.2, 0.25) is 0 Å². The van der Waals surface area contributed by atoms with Crippen LogP contribution in [0, 0.1) is 0 Å². The van der Waals surface area contributed by atoms with E-state index in [-0.39, 0.29) is 29.2 Å². The van der Waals surface area contributed by atoms with Crippen molar-refractivity contribution in [3.05, 3.63) is 65.4 Å². The van der Waals surface area contributed by atoms with E-state index < -0.39 is 17.7 Å². The summed E-state index contributed by atoms with van der Waals surface area (Å²) in [5, 5.41) is 11.6. The van der Waals surface area contributed by atoms with Gasteiger partial charge >= 0.3 is 6.03 Å². The van der Waals surface area contributed by atoms with E-state index in [1.807, 2.05) is 63.4 Å². The standard InChI is InChI=1S/C32H45N3O4S2/c1-21(2)34-29(36)26(32(8,38)35(22(3)4)30(34)37)13-14-28-31(6,7)25-11-9-10-12-27(25)33(28)15-16-39-24-19-40-17-23(5)18-41-20-24/h9-14,21-22,24,38H,5,15-20H2,1-4,6-8H3/b26-13+,28-14+. The van der Waals surface area contributed by atoms with Crippen LogP contribution in [-0.2, 0) is 14.9 Å². The van der Waals surface area contributed by atoms with Gasteiger partial charge in [-0.05, 0) is 58.4 Å². The highest BCUT2D eigenvalue weighted by Crippen LogP contribution is 2.47. The van der Waals surface area contributed by atoms with E-state index in [9.17, 15) is 14.7 Å². The molecular weight excluding hydrogens is 555 g/mol. The van der Waals surface area contributed by atoms with Crippen molar-refractivity contribution in [1.82, 2.24) is 9.80 Å². The minimum atomic E-state index is -1.74. The number of urea groups is 1. The second-order valence-electron chi connectivity index (χ2n) is 12.2. The Morgan fingerprint density at radius 1 is 1.05 bits per heavy atom. The van der Waals surface area contributed by atoms with Crippen LogP contribution >= 0.6 is 23.5 Å². The molecule has 0 radical (unpaired) electrons. The predicted molar refractivity (Wildman–Crippen MR) is 171 cm³/mol. The number of aliphatic hydroxyl groups is 1. The second-order valence-corrected chi connectivity index (χ2v) is 14.3. The van der Waals surface area contributed by atoms with Gasteiger partial charge in [-0.25, -0.2) is 4.79 Å². The third-order valence-electron chi connectivity index (χ3n) is 7.97. The summed E-state index contributed by atoms with van der Waals surface area (Å²) >= 11 is 3.77. The van der Waals surface area contributed by atoms with Crippen molar-refractivity contribution in [2.75, 3.05) is 41.1 Å². The molecule has 0 aliphatic carbocycles. The first-order valence-corrected chi connectivity index (χ1v) is 16.7. The molecule has 3 heterocycles. The summed E-state index contributed by atoms with van der Waals surface area (Å²) in [5.74, 6) is 3.42. The number of hydrogen-bond acceptors (Lipinski definition) is 7. The number of benzene rings is 1. The maximum atomic E-state index is 13.6. The molecule has 1 aromatic rings. The quantitative estimate of drug-likeness (QED) is 0.314. The topological polar surface area (TPSA) is 73.3 Å². The van der Waals surface area contributed by atoms with Crippen LogP contribution in [-0.4, -0.2) is 86.9 Å². The molecular formula is C32H45N3O4S2. The predicted octanol–water partition coefficient (Wildman–Crippen LogP) is 5.81. The Kier molecular flexibility index (Phi) is 9.73. The minimum Gasteiger partial charge on any atom is -0.375 e. The van der Waals surface area contributed by atoms with Gasteiger partial charge in [-0.3, -0.25) is 14.6 Å². The maximum absolute atomic E-state index is 13.6. The van der Waals surface area contributed by atoms with E-state index in [1.54, 1.807) is 6.08 Å².